The molecule has 2 heteroatoms. The number of hydrogen-bond donors (Lipinski definition) is 0. The molecule has 0 fully saturated rings. The van der Waals surface area contributed by atoms with Crippen molar-refractivity contribution < 1.29 is 0 Å². The number of nitrogens with zero attached hydrogens (tertiary/aromatic N) is 2. The molecule has 0 N–H and O–H groups in total. The monoisotopic (exact) mass is 732 g/mol. The van der Waals surface area contributed by atoms with Crippen LogP contribution in [0.4, 0.5) is 0 Å². The summed E-state index contributed by atoms with van der Waals surface area (Å²) >= 11 is 0. The summed E-state index contributed by atoms with van der Waals surface area (Å²) in [6, 6.07) is 72.5. The molecule has 2 aliphatic carbocycles. The Hall–Kier alpha value is -7.68. The SMILES string of the molecule is c1ccc2c(c1)-c1cccc3cc(-n4c5ccccc5c5cc(-c6ccc7c(c6)c6ccccc6n7-c6ccc7c8c(cccc68)-c6ccccc6-7)ccc54)cc-2c13. The lowest BCUT2D eigenvalue weighted by Gasteiger charge is -2.13. The van der Waals surface area contributed by atoms with Gasteiger partial charge in [0, 0.05) is 32.6 Å². The smallest absolute Gasteiger partial charge is 0.0541 e. The molecule has 0 saturated heterocycles. The Morgan fingerprint density at radius 3 is 1.41 bits per heavy atom. The quantitative estimate of drug-likeness (QED) is 0.171. The molecule has 0 spiro atoms. The van der Waals surface area contributed by atoms with Gasteiger partial charge in [0.25, 0.3) is 0 Å². The molecule has 2 aromatic heterocycles. The molecular formula is C56H32N2. The Morgan fingerprint density at radius 1 is 0.259 bits per heavy atom. The minimum absolute atomic E-state index is 1.19. The molecule has 58 heavy (non-hydrogen) atoms. The number of benzene rings is 10. The molecule has 0 radical (unpaired) electrons. The van der Waals surface area contributed by atoms with Crippen LogP contribution in [0.5, 0.6) is 0 Å². The molecule has 2 aliphatic rings. The minimum atomic E-state index is 1.19. The van der Waals surface area contributed by atoms with Crippen LogP contribution in [0.1, 0.15) is 0 Å². The van der Waals surface area contributed by atoms with Gasteiger partial charge in [-0.25, -0.2) is 0 Å². The Bertz CT molecular complexity index is 3770. The van der Waals surface area contributed by atoms with Gasteiger partial charge in [-0.1, -0.05) is 140 Å². The molecule has 266 valence electrons. The topological polar surface area (TPSA) is 9.86 Å². The summed E-state index contributed by atoms with van der Waals surface area (Å²) in [7, 11) is 0. The van der Waals surface area contributed by atoms with E-state index in [1.165, 1.54) is 132 Å². The van der Waals surface area contributed by atoms with Crippen LogP contribution in [0.25, 0.3) is 132 Å². The third-order valence-electron chi connectivity index (χ3n) is 13.2. The fourth-order valence-corrected chi connectivity index (χ4v) is 10.8. The molecule has 2 heterocycles. The van der Waals surface area contributed by atoms with Gasteiger partial charge in [0.2, 0.25) is 0 Å². The first-order valence-corrected chi connectivity index (χ1v) is 20.2. The van der Waals surface area contributed by atoms with E-state index < -0.39 is 0 Å². The summed E-state index contributed by atoms with van der Waals surface area (Å²) in [6.45, 7) is 0. The number of fused-ring (bicyclic) bond motifs is 12. The normalized spacial score (nSPS) is 12.5. The summed E-state index contributed by atoms with van der Waals surface area (Å²) in [4.78, 5) is 0. The number of hydrogen-bond acceptors (Lipinski definition) is 0. The molecule has 0 saturated carbocycles. The zero-order chi connectivity index (χ0) is 37.6. The molecular weight excluding hydrogens is 701 g/mol. The van der Waals surface area contributed by atoms with Crippen molar-refractivity contribution in [2.45, 2.75) is 0 Å². The van der Waals surface area contributed by atoms with Crippen molar-refractivity contribution in [1.29, 1.82) is 0 Å². The predicted molar refractivity (Wildman–Crippen MR) is 244 cm³/mol. The van der Waals surface area contributed by atoms with Crippen LogP contribution >= 0.6 is 0 Å². The van der Waals surface area contributed by atoms with Gasteiger partial charge in [0.15, 0.2) is 0 Å². The van der Waals surface area contributed by atoms with Gasteiger partial charge in [-0.05, 0) is 126 Å². The van der Waals surface area contributed by atoms with Crippen LogP contribution in [0.3, 0.4) is 0 Å². The second kappa shape index (κ2) is 11.0. The lowest BCUT2D eigenvalue weighted by atomic mass is 10.00. The summed E-state index contributed by atoms with van der Waals surface area (Å²) in [5.41, 5.74) is 20.3. The van der Waals surface area contributed by atoms with Crippen LogP contribution in [-0.2, 0) is 0 Å². The van der Waals surface area contributed by atoms with Crippen molar-refractivity contribution in [1.82, 2.24) is 9.13 Å². The van der Waals surface area contributed by atoms with Crippen LogP contribution in [0.15, 0.2) is 194 Å². The highest BCUT2D eigenvalue weighted by atomic mass is 15.0. The highest BCUT2D eigenvalue weighted by Gasteiger charge is 2.25. The summed E-state index contributed by atoms with van der Waals surface area (Å²) in [5, 5.41) is 10.3. The van der Waals surface area contributed by atoms with Gasteiger partial charge in [0.05, 0.1) is 27.8 Å². The Morgan fingerprint density at radius 2 is 0.741 bits per heavy atom. The lowest BCUT2D eigenvalue weighted by Crippen LogP contribution is -1.96. The Balaban J connectivity index is 0.953. The van der Waals surface area contributed by atoms with Gasteiger partial charge >= 0.3 is 0 Å². The molecule has 14 rings (SSSR count). The van der Waals surface area contributed by atoms with Crippen LogP contribution in [0.2, 0.25) is 0 Å². The van der Waals surface area contributed by atoms with Crippen molar-refractivity contribution in [3.63, 3.8) is 0 Å². The molecule has 10 aromatic carbocycles. The molecule has 0 amide bonds. The van der Waals surface area contributed by atoms with Gasteiger partial charge in [-0.3, -0.25) is 0 Å². The zero-order valence-corrected chi connectivity index (χ0v) is 31.4. The van der Waals surface area contributed by atoms with E-state index in [1.807, 2.05) is 0 Å². The first-order valence-electron chi connectivity index (χ1n) is 20.2. The van der Waals surface area contributed by atoms with Crippen LogP contribution in [-0.4, -0.2) is 9.13 Å². The molecule has 12 aromatic rings. The molecule has 0 aliphatic heterocycles. The molecule has 0 atom stereocenters. The maximum Gasteiger partial charge on any atom is 0.0541 e. The molecule has 0 bridgehead atoms. The number of para-hydroxylation sites is 2. The first kappa shape index (κ1) is 30.5. The molecule has 0 unspecified atom stereocenters. The highest BCUT2D eigenvalue weighted by molar-refractivity contribution is 6.20. The van der Waals surface area contributed by atoms with E-state index in [4.69, 9.17) is 0 Å². The fourth-order valence-electron chi connectivity index (χ4n) is 10.8. The van der Waals surface area contributed by atoms with Gasteiger partial charge < -0.3 is 9.13 Å². The number of aromatic nitrogens is 2. The van der Waals surface area contributed by atoms with Crippen molar-refractivity contribution in [3.8, 4) is 67.0 Å². The largest absolute Gasteiger partial charge is 0.309 e. The average molecular weight is 733 g/mol. The second-order valence-electron chi connectivity index (χ2n) is 16.0. The summed E-state index contributed by atoms with van der Waals surface area (Å²) in [6.07, 6.45) is 0. The summed E-state index contributed by atoms with van der Waals surface area (Å²) in [5.74, 6) is 0. The van der Waals surface area contributed by atoms with E-state index >= 15 is 0 Å². The molecule has 2 nitrogen and oxygen atoms in total. The van der Waals surface area contributed by atoms with Crippen molar-refractivity contribution in [2.75, 3.05) is 0 Å². The van der Waals surface area contributed by atoms with E-state index in [0.29, 0.717) is 0 Å². The summed E-state index contributed by atoms with van der Waals surface area (Å²) < 4.78 is 4.94. The van der Waals surface area contributed by atoms with Crippen molar-refractivity contribution in [3.05, 3.63) is 194 Å². The van der Waals surface area contributed by atoms with E-state index in [1.54, 1.807) is 0 Å². The predicted octanol–water partition coefficient (Wildman–Crippen LogP) is 15.1. The minimum Gasteiger partial charge on any atom is -0.309 e. The Kier molecular flexibility index (Phi) is 5.79. The van der Waals surface area contributed by atoms with Crippen LogP contribution in [0, 0.1) is 0 Å². The zero-order valence-electron chi connectivity index (χ0n) is 31.4. The Labute approximate surface area is 334 Å². The lowest BCUT2D eigenvalue weighted by molar-refractivity contribution is 1.19. The third-order valence-corrected chi connectivity index (χ3v) is 13.2. The highest BCUT2D eigenvalue weighted by Crippen LogP contribution is 2.51. The fraction of sp³-hybridized carbons (Fsp3) is 0. The van der Waals surface area contributed by atoms with Crippen molar-refractivity contribution >= 4 is 65.2 Å². The van der Waals surface area contributed by atoms with E-state index in [2.05, 4.69) is 203 Å². The average Bonchev–Trinajstić information content (AvgIpc) is 4.00. The standard InChI is InChI=1S/C56H32N2/c1-2-13-38-37(12-1)44-19-10-20-46-52(28-25-45(38)56(44)46)58-51-22-8-6-17-42(51)48-31-34(24-27-54(48)58)33-23-26-53-47(30-33)41-16-5-7-21-50(41)57(53)36-29-35-11-9-18-43-39-14-3-4-15-40(39)49(32-36)55(35)43/h1-32H. The van der Waals surface area contributed by atoms with E-state index in [-0.39, 0.29) is 0 Å². The van der Waals surface area contributed by atoms with E-state index in [0.717, 1.165) is 0 Å². The van der Waals surface area contributed by atoms with Gasteiger partial charge in [-0.15, -0.1) is 0 Å². The number of rotatable bonds is 3. The van der Waals surface area contributed by atoms with Gasteiger partial charge in [-0.2, -0.15) is 0 Å². The maximum absolute atomic E-state index is 2.48. The van der Waals surface area contributed by atoms with Gasteiger partial charge in [0.1, 0.15) is 0 Å². The third kappa shape index (κ3) is 3.86. The second-order valence-corrected chi connectivity index (χ2v) is 16.0. The maximum atomic E-state index is 2.48. The first-order chi connectivity index (χ1) is 28.8. The van der Waals surface area contributed by atoms with E-state index in [9.17, 15) is 0 Å². The van der Waals surface area contributed by atoms with Crippen LogP contribution < -0.4 is 0 Å². The van der Waals surface area contributed by atoms with Crippen molar-refractivity contribution in [2.24, 2.45) is 0 Å².